The highest BCUT2D eigenvalue weighted by molar-refractivity contribution is 9.10. The number of aromatic nitrogens is 2. The van der Waals surface area contributed by atoms with Crippen molar-refractivity contribution in [1.29, 1.82) is 0 Å². The molecule has 4 nitrogen and oxygen atoms in total. The molecule has 0 radical (unpaired) electrons. The largest absolute Gasteiger partial charge is 0.370 e. The van der Waals surface area contributed by atoms with Gasteiger partial charge in [-0.25, -0.2) is 9.97 Å². The highest BCUT2D eigenvalue weighted by Crippen LogP contribution is 2.18. The van der Waals surface area contributed by atoms with Gasteiger partial charge in [-0.3, -0.25) is 0 Å². The molecule has 2 aromatic rings. The molecule has 2 rings (SSSR count). The number of benzene rings is 1. The van der Waals surface area contributed by atoms with Crippen LogP contribution in [0.5, 0.6) is 0 Å². The number of nitrogens with one attached hydrogen (secondary N) is 2. The first-order valence-corrected chi connectivity index (χ1v) is 7.65. The van der Waals surface area contributed by atoms with E-state index in [1.165, 1.54) is 12.8 Å². The molecule has 0 fully saturated rings. The third-order valence-corrected chi connectivity index (χ3v) is 3.40. The van der Waals surface area contributed by atoms with E-state index in [-0.39, 0.29) is 0 Å². The van der Waals surface area contributed by atoms with E-state index in [1.54, 1.807) is 6.33 Å². The number of hydrogen-bond acceptors (Lipinski definition) is 4. The number of unbranched alkanes of at least 4 members (excludes halogenated alkanes) is 2. The molecule has 1 aromatic carbocycles. The maximum absolute atomic E-state index is 4.23. The fraction of sp³-hybridized carbons (Fsp3) is 0.333. The van der Waals surface area contributed by atoms with E-state index in [9.17, 15) is 0 Å². The van der Waals surface area contributed by atoms with Crippen LogP contribution in [0.4, 0.5) is 17.3 Å². The van der Waals surface area contributed by atoms with Gasteiger partial charge < -0.3 is 10.6 Å². The number of rotatable bonds is 7. The lowest BCUT2D eigenvalue weighted by Crippen LogP contribution is -2.04. The average Bonchev–Trinajstić information content (AvgIpc) is 2.47. The minimum atomic E-state index is 0.792. The summed E-state index contributed by atoms with van der Waals surface area (Å²) >= 11 is 3.42. The minimum absolute atomic E-state index is 0.792. The Kier molecular flexibility index (Phi) is 5.80. The van der Waals surface area contributed by atoms with E-state index in [0.717, 1.165) is 34.8 Å². The van der Waals surface area contributed by atoms with Gasteiger partial charge in [-0.05, 0) is 30.7 Å². The summed E-state index contributed by atoms with van der Waals surface area (Å²) in [7, 11) is 0. The SMILES string of the molecule is CCCCCNc1cc(Nc2ccc(Br)cc2)ncn1. The van der Waals surface area contributed by atoms with Gasteiger partial charge in [-0.1, -0.05) is 35.7 Å². The lowest BCUT2D eigenvalue weighted by Gasteiger charge is -2.08. The van der Waals surface area contributed by atoms with Crippen LogP contribution in [0.15, 0.2) is 41.1 Å². The van der Waals surface area contributed by atoms with Crippen LogP contribution in [0.25, 0.3) is 0 Å². The summed E-state index contributed by atoms with van der Waals surface area (Å²) in [6, 6.07) is 9.91. The van der Waals surface area contributed by atoms with Crippen molar-refractivity contribution in [2.45, 2.75) is 26.2 Å². The molecule has 0 saturated heterocycles. The number of anilines is 3. The van der Waals surface area contributed by atoms with Crippen molar-refractivity contribution in [2.75, 3.05) is 17.2 Å². The molecule has 0 spiro atoms. The average molecular weight is 335 g/mol. The summed E-state index contributed by atoms with van der Waals surface area (Å²) in [5, 5.41) is 6.58. The molecule has 0 aliphatic rings. The van der Waals surface area contributed by atoms with Crippen molar-refractivity contribution >= 4 is 33.3 Å². The molecule has 0 unspecified atom stereocenters. The predicted octanol–water partition coefficient (Wildman–Crippen LogP) is 4.58. The third kappa shape index (κ3) is 4.81. The van der Waals surface area contributed by atoms with Gasteiger partial charge in [0.15, 0.2) is 0 Å². The fourth-order valence-corrected chi connectivity index (χ4v) is 2.06. The quantitative estimate of drug-likeness (QED) is 0.727. The Hall–Kier alpha value is -1.62. The zero-order valence-electron chi connectivity index (χ0n) is 11.6. The van der Waals surface area contributed by atoms with E-state index in [4.69, 9.17) is 0 Å². The Morgan fingerprint density at radius 1 is 1.05 bits per heavy atom. The lowest BCUT2D eigenvalue weighted by molar-refractivity contribution is 0.742. The summed E-state index contributed by atoms with van der Waals surface area (Å²) in [5.74, 6) is 1.65. The molecule has 0 aliphatic heterocycles. The summed E-state index contributed by atoms with van der Waals surface area (Å²) in [4.78, 5) is 8.45. The standard InChI is InChI=1S/C15H19BrN4/c1-2-3-4-9-17-14-10-15(19-11-18-14)20-13-7-5-12(16)6-8-13/h5-8,10-11H,2-4,9H2,1H3,(H2,17,18,19,20). The smallest absolute Gasteiger partial charge is 0.135 e. The zero-order valence-corrected chi connectivity index (χ0v) is 13.2. The van der Waals surface area contributed by atoms with Gasteiger partial charge in [0.2, 0.25) is 0 Å². The lowest BCUT2D eigenvalue weighted by atomic mass is 10.2. The first kappa shape index (κ1) is 14.8. The highest BCUT2D eigenvalue weighted by atomic mass is 79.9. The van der Waals surface area contributed by atoms with E-state index >= 15 is 0 Å². The van der Waals surface area contributed by atoms with E-state index in [2.05, 4.69) is 43.5 Å². The second-order valence-electron chi connectivity index (χ2n) is 4.55. The summed E-state index contributed by atoms with van der Waals surface area (Å²) < 4.78 is 1.06. The Balaban J connectivity index is 1.93. The van der Waals surface area contributed by atoms with E-state index in [0.29, 0.717) is 0 Å². The van der Waals surface area contributed by atoms with Crippen molar-refractivity contribution in [2.24, 2.45) is 0 Å². The van der Waals surface area contributed by atoms with Gasteiger partial charge in [-0.15, -0.1) is 0 Å². The van der Waals surface area contributed by atoms with Crippen LogP contribution < -0.4 is 10.6 Å². The molecule has 0 bridgehead atoms. The molecule has 5 heteroatoms. The maximum atomic E-state index is 4.23. The van der Waals surface area contributed by atoms with Crippen LogP contribution in [-0.2, 0) is 0 Å². The van der Waals surface area contributed by atoms with Crippen LogP contribution in [0, 0.1) is 0 Å². The van der Waals surface area contributed by atoms with Crippen molar-refractivity contribution in [1.82, 2.24) is 9.97 Å². The van der Waals surface area contributed by atoms with Gasteiger partial charge in [0.25, 0.3) is 0 Å². The normalized spacial score (nSPS) is 10.3. The van der Waals surface area contributed by atoms with Gasteiger partial charge in [0.1, 0.15) is 18.0 Å². The van der Waals surface area contributed by atoms with Gasteiger partial charge in [0, 0.05) is 22.8 Å². The second-order valence-corrected chi connectivity index (χ2v) is 5.47. The first-order valence-electron chi connectivity index (χ1n) is 6.86. The third-order valence-electron chi connectivity index (χ3n) is 2.87. The van der Waals surface area contributed by atoms with Crippen LogP contribution in [-0.4, -0.2) is 16.5 Å². The Morgan fingerprint density at radius 2 is 1.80 bits per heavy atom. The molecule has 1 heterocycles. The molecule has 0 saturated carbocycles. The summed E-state index contributed by atoms with van der Waals surface area (Å²) in [5.41, 5.74) is 1.00. The first-order chi connectivity index (χ1) is 9.78. The van der Waals surface area contributed by atoms with Crippen molar-refractivity contribution in [3.63, 3.8) is 0 Å². The van der Waals surface area contributed by atoms with Crippen molar-refractivity contribution < 1.29 is 0 Å². The van der Waals surface area contributed by atoms with Crippen LogP contribution in [0.2, 0.25) is 0 Å². The zero-order chi connectivity index (χ0) is 14.2. The van der Waals surface area contributed by atoms with E-state index in [1.807, 2.05) is 30.3 Å². The molecular formula is C15H19BrN4. The van der Waals surface area contributed by atoms with Gasteiger partial charge in [0.05, 0.1) is 0 Å². The summed E-state index contributed by atoms with van der Waals surface area (Å²) in [6.45, 7) is 3.15. The molecule has 1 aromatic heterocycles. The monoisotopic (exact) mass is 334 g/mol. The Morgan fingerprint density at radius 3 is 2.55 bits per heavy atom. The highest BCUT2D eigenvalue weighted by Gasteiger charge is 1.99. The van der Waals surface area contributed by atoms with E-state index < -0.39 is 0 Å². The molecular weight excluding hydrogens is 316 g/mol. The maximum Gasteiger partial charge on any atom is 0.135 e. The van der Waals surface area contributed by atoms with Gasteiger partial charge >= 0.3 is 0 Å². The number of halogens is 1. The van der Waals surface area contributed by atoms with Crippen LogP contribution in [0.1, 0.15) is 26.2 Å². The Labute approximate surface area is 128 Å². The number of nitrogens with zero attached hydrogens (tertiary/aromatic N) is 2. The van der Waals surface area contributed by atoms with Crippen molar-refractivity contribution in [3.05, 3.63) is 41.1 Å². The Bertz CT molecular complexity index is 528. The molecule has 0 atom stereocenters. The summed E-state index contributed by atoms with van der Waals surface area (Å²) in [6.07, 6.45) is 5.20. The molecule has 0 amide bonds. The topological polar surface area (TPSA) is 49.8 Å². The molecule has 0 aliphatic carbocycles. The minimum Gasteiger partial charge on any atom is -0.370 e. The van der Waals surface area contributed by atoms with Crippen LogP contribution in [0.3, 0.4) is 0 Å². The van der Waals surface area contributed by atoms with Crippen molar-refractivity contribution in [3.8, 4) is 0 Å². The second kappa shape index (κ2) is 7.85. The van der Waals surface area contributed by atoms with Crippen LogP contribution >= 0.6 is 15.9 Å². The van der Waals surface area contributed by atoms with Gasteiger partial charge in [-0.2, -0.15) is 0 Å². The fourth-order valence-electron chi connectivity index (χ4n) is 1.79. The number of hydrogen-bond donors (Lipinski definition) is 2. The molecule has 106 valence electrons. The molecule has 20 heavy (non-hydrogen) atoms. The molecule has 2 N–H and O–H groups in total. The predicted molar refractivity (Wildman–Crippen MR) is 87.5 cm³/mol.